The molecular formula is C30H30IN3O5S. The number of para-hydroxylation sites is 1. The van der Waals surface area contributed by atoms with Crippen LogP contribution in [0.5, 0.6) is 17.2 Å². The second kappa shape index (κ2) is 12.7. The fourth-order valence-electron chi connectivity index (χ4n) is 4.69. The van der Waals surface area contributed by atoms with Gasteiger partial charge in [0.25, 0.3) is 11.5 Å². The quantitative estimate of drug-likeness (QED) is 0.256. The van der Waals surface area contributed by atoms with Gasteiger partial charge in [-0.15, -0.1) is 6.42 Å². The first kappa shape index (κ1) is 29.4. The first-order chi connectivity index (χ1) is 19.3. The molecule has 10 heteroatoms. The van der Waals surface area contributed by atoms with Gasteiger partial charge in [-0.3, -0.25) is 14.2 Å². The maximum Gasteiger partial charge on any atom is 0.271 e. The van der Waals surface area contributed by atoms with Gasteiger partial charge in [-0.05, 0) is 73.2 Å². The average Bonchev–Trinajstić information content (AvgIpc) is 3.25. The Bertz CT molecular complexity index is 1700. The number of nitrogens with zero attached hydrogens (tertiary/aromatic N) is 3. The summed E-state index contributed by atoms with van der Waals surface area (Å²) in [5.41, 5.74) is 2.25. The molecule has 0 unspecified atom stereocenters. The van der Waals surface area contributed by atoms with E-state index >= 15 is 0 Å². The zero-order chi connectivity index (χ0) is 29.0. The van der Waals surface area contributed by atoms with Gasteiger partial charge in [-0.1, -0.05) is 35.5 Å². The van der Waals surface area contributed by atoms with Crippen LogP contribution in [0.25, 0.3) is 6.08 Å². The normalized spacial score (nSPS) is 14.7. The first-order valence-electron chi connectivity index (χ1n) is 12.7. The van der Waals surface area contributed by atoms with Crippen LogP contribution in [0.3, 0.4) is 0 Å². The van der Waals surface area contributed by atoms with Gasteiger partial charge in [0.2, 0.25) is 0 Å². The molecule has 0 saturated heterocycles. The highest BCUT2D eigenvalue weighted by Crippen LogP contribution is 2.36. The van der Waals surface area contributed by atoms with Gasteiger partial charge in [0, 0.05) is 18.7 Å². The predicted octanol–water partition coefficient (Wildman–Crippen LogP) is 3.74. The zero-order valence-corrected chi connectivity index (χ0v) is 26.0. The summed E-state index contributed by atoms with van der Waals surface area (Å²) in [5, 5.41) is 0. The second-order valence-corrected chi connectivity index (χ2v) is 11.0. The van der Waals surface area contributed by atoms with E-state index in [1.807, 2.05) is 51.1 Å². The molecule has 2 aromatic carbocycles. The van der Waals surface area contributed by atoms with Crippen LogP contribution in [-0.4, -0.2) is 49.3 Å². The zero-order valence-electron chi connectivity index (χ0n) is 23.0. The molecule has 0 bridgehead atoms. The second-order valence-electron chi connectivity index (χ2n) is 8.83. The molecule has 4 rings (SSSR count). The van der Waals surface area contributed by atoms with E-state index < -0.39 is 6.04 Å². The maximum absolute atomic E-state index is 14.0. The van der Waals surface area contributed by atoms with Gasteiger partial charge in [-0.2, -0.15) is 0 Å². The number of hydrogen-bond acceptors (Lipinski definition) is 7. The fourth-order valence-corrected chi connectivity index (χ4v) is 6.52. The summed E-state index contributed by atoms with van der Waals surface area (Å²) in [6.45, 7) is 6.87. The number of aromatic nitrogens is 1. The third kappa shape index (κ3) is 5.53. The number of ether oxygens (including phenoxy) is 3. The molecule has 40 heavy (non-hydrogen) atoms. The summed E-state index contributed by atoms with van der Waals surface area (Å²) in [7, 11) is 3.13. The number of methoxy groups -OCH3 is 2. The molecule has 1 aliphatic rings. The van der Waals surface area contributed by atoms with Crippen LogP contribution in [0.4, 0.5) is 0 Å². The molecule has 1 aromatic heterocycles. The van der Waals surface area contributed by atoms with Crippen molar-refractivity contribution >= 4 is 45.9 Å². The number of carbonyl (C=O) groups is 1. The molecule has 8 nitrogen and oxygen atoms in total. The lowest BCUT2D eigenvalue weighted by Crippen LogP contribution is -2.43. The van der Waals surface area contributed by atoms with E-state index in [4.69, 9.17) is 25.6 Å². The van der Waals surface area contributed by atoms with Gasteiger partial charge >= 0.3 is 0 Å². The lowest BCUT2D eigenvalue weighted by Gasteiger charge is -2.29. The highest BCUT2D eigenvalue weighted by Gasteiger charge is 2.35. The van der Waals surface area contributed by atoms with Crippen LogP contribution in [0.2, 0.25) is 0 Å². The van der Waals surface area contributed by atoms with E-state index in [0.717, 1.165) is 9.13 Å². The number of hydrogen-bond donors (Lipinski definition) is 0. The molecule has 1 aliphatic heterocycles. The Labute approximate surface area is 250 Å². The number of terminal acetylenes is 1. The smallest absolute Gasteiger partial charge is 0.271 e. The Hall–Kier alpha value is -3.56. The number of benzene rings is 2. The molecule has 1 atom stereocenters. The molecule has 0 aliphatic carbocycles. The molecular weight excluding hydrogens is 641 g/mol. The van der Waals surface area contributed by atoms with E-state index in [1.165, 1.54) is 11.3 Å². The Kier molecular flexibility index (Phi) is 9.37. The maximum atomic E-state index is 14.0. The number of allylic oxidation sites excluding steroid dienone is 1. The van der Waals surface area contributed by atoms with E-state index in [0.29, 0.717) is 56.5 Å². The van der Waals surface area contributed by atoms with Crippen LogP contribution in [0.1, 0.15) is 37.9 Å². The van der Waals surface area contributed by atoms with Crippen molar-refractivity contribution in [1.82, 2.24) is 9.47 Å². The number of rotatable bonds is 9. The van der Waals surface area contributed by atoms with Crippen LogP contribution in [0.15, 0.2) is 57.5 Å². The van der Waals surface area contributed by atoms with Crippen LogP contribution >= 0.6 is 33.9 Å². The van der Waals surface area contributed by atoms with Crippen LogP contribution in [0, 0.1) is 15.9 Å². The standard InChI is InChI=1S/C30H30IN3O5S/c1-7-14-39-27-21(31)15-19(16-23(27)38-6)17-24-28(35)34-26(20-12-10-11-13-22(20)37-5)25(18(4)32-30(34)40-24)29(36)33(8-2)9-3/h1,10-13,15-17,26H,8-9,14H2,2-6H3/b24-17+/t26-/m0/s1. The highest BCUT2D eigenvalue weighted by atomic mass is 127. The van der Waals surface area contributed by atoms with Crippen LogP contribution < -0.4 is 29.1 Å². The summed E-state index contributed by atoms with van der Waals surface area (Å²) in [4.78, 5) is 34.8. The van der Waals surface area contributed by atoms with E-state index in [1.54, 1.807) is 35.8 Å². The molecule has 0 spiro atoms. The van der Waals surface area contributed by atoms with E-state index in [-0.39, 0.29) is 18.1 Å². The van der Waals surface area contributed by atoms with Crippen molar-refractivity contribution in [3.05, 3.63) is 82.1 Å². The molecule has 1 amide bonds. The van der Waals surface area contributed by atoms with Gasteiger partial charge in [-0.25, -0.2) is 4.99 Å². The first-order valence-corrected chi connectivity index (χ1v) is 14.6. The molecule has 0 saturated carbocycles. The SMILES string of the molecule is C#CCOc1c(I)cc(/C=c2/sc3n(c2=O)[C@@H](c2ccccc2OC)C(C(=O)N(CC)CC)=C(C)N=3)cc1OC. The molecule has 208 valence electrons. The summed E-state index contributed by atoms with van der Waals surface area (Å²) in [6, 6.07) is 10.4. The van der Waals surface area contributed by atoms with Gasteiger partial charge in [0.05, 0.1) is 33.6 Å². The van der Waals surface area contributed by atoms with Gasteiger partial charge < -0.3 is 19.1 Å². The lowest BCUT2D eigenvalue weighted by molar-refractivity contribution is -0.127. The topological polar surface area (TPSA) is 82.4 Å². The Balaban J connectivity index is 1.95. The van der Waals surface area contributed by atoms with Crippen molar-refractivity contribution in [2.45, 2.75) is 26.8 Å². The summed E-state index contributed by atoms with van der Waals surface area (Å²) in [5.74, 6) is 3.95. The van der Waals surface area contributed by atoms with E-state index in [9.17, 15) is 9.59 Å². The molecule has 2 heterocycles. The molecule has 0 fully saturated rings. The van der Waals surface area contributed by atoms with Crippen molar-refractivity contribution < 1.29 is 19.0 Å². The number of thiazole rings is 1. The Morgan fingerprint density at radius 2 is 1.90 bits per heavy atom. The number of carbonyl (C=O) groups excluding carboxylic acids is 1. The monoisotopic (exact) mass is 671 g/mol. The summed E-state index contributed by atoms with van der Waals surface area (Å²) >= 11 is 3.42. The number of likely N-dealkylation sites (N-methyl/N-ethyl adjacent to an activating group) is 1. The highest BCUT2D eigenvalue weighted by molar-refractivity contribution is 14.1. The third-order valence-electron chi connectivity index (χ3n) is 6.59. The van der Waals surface area contributed by atoms with Crippen molar-refractivity contribution in [1.29, 1.82) is 0 Å². The Morgan fingerprint density at radius 3 is 2.55 bits per heavy atom. The minimum Gasteiger partial charge on any atom is -0.496 e. The average molecular weight is 672 g/mol. The van der Waals surface area contributed by atoms with Crippen molar-refractivity contribution in [3.8, 4) is 29.6 Å². The lowest BCUT2D eigenvalue weighted by atomic mass is 9.94. The Morgan fingerprint density at radius 1 is 1.20 bits per heavy atom. The fraction of sp³-hybridized carbons (Fsp3) is 0.300. The minimum atomic E-state index is -0.697. The predicted molar refractivity (Wildman–Crippen MR) is 165 cm³/mol. The van der Waals surface area contributed by atoms with Gasteiger partial charge in [0.15, 0.2) is 16.3 Å². The van der Waals surface area contributed by atoms with E-state index in [2.05, 4.69) is 28.5 Å². The summed E-state index contributed by atoms with van der Waals surface area (Å²) < 4.78 is 19.7. The van der Waals surface area contributed by atoms with Crippen molar-refractivity contribution in [2.75, 3.05) is 33.9 Å². The number of amides is 1. The minimum absolute atomic E-state index is 0.112. The molecule has 0 N–H and O–H groups in total. The number of fused-ring (bicyclic) bond motifs is 1. The number of halogens is 1. The summed E-state index contributed by atoms with van der Waals surface area (Å²) in [6.07, 6.45) is 7.15. The molecule has 0 radical (unpaired) electrons. The van der Waals surface area contributed by atoms with Gasteiger partial charge in [0.1, 0.15) is 18.4 Å². The largest absolute Gasteiger partial charge is 0.496 e. The third-order valence-corrected chi connectivity index (χ3v) is 8.37. The van der Waals surface area contributed by atoms with Crippen molar-refractivity contribution in [2.24, 2.45) is 4.99 Å². The van der Waals surface area contributed by atoms with Crippen LogP contribution in [-0.2, 0) is 4.79 Å². The molecule has 3 aromatic rings. The van der Waals surface area contributed by atoms with Crippen molar-refractivity contribution in [3.63, 3.8) is 0 Å².